The molecular weight excluding hydrogens is 292 g/mol. The predicted molar refractivity (Wildman–Crippen MR) is 84.0 cm³/mol. The maximum Gasteiger partial charge on any atom is 0.350 e. The second-order valence-corrected chi connectivity index (χ2v) is 5.54. The van der Waals surface area contributed by atoms with Gasteiger partial charge < -0.3 is 20.5 Å². The summed E-state index contributed by atoms with van der Waals surface area (Å²) in [6.07, 6.45) is 4.43. The number of rotatable bonds is 8. The van der Waals surface area contributed by atoms with E-state index in [0.29, 0.717) is 11.5 Å². The zero-order valence-corrected chi connectivity index (χ0v) is 13.5. The first kappa shape index (κ1) is 17.3. The number of carbonyl (C=O) groups is 2. The molecule has 118 valence electrons. The molecule has 21 heavy (non-hydrogen) atoms. The molecule has 0 aliphatic heterocycles. The van der Waals surface area contributed by atoms with Crippen molar-refractivity contribution in [3.63, 3.8) is 0 Å². The Balaban J connectivity index is 2.90. The number of nitrogens with two attached hydrogens (primary N) is 1. The lowest BCUT2D eigenvalue weighted by molar-refractivity contribution is 0.0602. The zero-order chi connectivity index (χ0) is 15.8. The van der Waals surface area contributed by atoms with Gasteiger partial charge in [0.2, 0.25) is 0 Å². The van der Waals surface area contributed by atoms with Crippen molar-refractivity contribution >= 4 is 34.0 Å². The quantitative estimate of drug-likeness (QED) is 0.566. The summed E-state index contributed by atoms with van der Waals surface area (Å²) in [7, 11) is 2.56. The number of carbonyl (C=O) groups excluding carboxylic acids is 2. The Labute approximate surface area is 128 Å². The molecule has 1 heterocycles. The van der Waals surface area contributed by atoms with Crippen molar-refractivity contribution < 1.29 is 19.1 Å². The van der Waals surface area contributed by atoms with E-state index in [9.17, 15) is 9.59 Å². The van der Waals surface area contributed by atoms with Crippen LogP contribution in [0.3, 0.4) is 0 Å². The van der Waals surface area contributed by atoms with Crippen molar-refractivity contribution in [3.05, 3.63) is 10.4 Å². The van der Waals surface area contributed by atoms with E-state index >= 15 is 0 Å². The minimum atomic E-state index is -0.560. The fourth-order valence-corrected chi connectivity index (χ4v) is 2.92. The molecule has 0 aliphatic rings. The Hall–Kier alpha value is -1.76. The third-order valence-corrected chi connectivity index (χ3v) is 4.16. The number of ether oxygens (including phenoxy) is 2. The fraction of sp³-hybridized carbons (Fsp3) is 0.571. The summed E-state index contributed by atoms with van der Waals surface area (Å²) >= 11 is 1.11. The van der Waals surface area contributed by atoms with Gasteiger partial charge in [0, 0.05) is 6.54 Å². The number of esters is 2. The van der Waals surface area contributed by atoms with Gasteiger partial charge in [-0.2, -0.15) is 0 Å². The lowest BCUT2D eigenvalue weighted by Crippen LogP contribution is -2.10. The number of unbranched alkanes of at least 4 members (excludes halogenated alkanes) is 3. The SMILES string of the molecule is CCCCCCNc1sc(C(=O)OC)c(N)c1C(=O)OC. The van der Waals surface area contributed by atoms with Crippen LogP contribution >= 0.6 is 11.3 Å². The average Bonchev–Trinajstić information content (AvgIpc) is 2.82. The molecule has 0 unspecified atom stereocenters. The van der Waals surface area contributed by atoms with Crippen molar-refractivity contribution in [2.24, 2.45) is 0 Å². The Morgan fingerprint density at radius 2 is 1.81 bits per heavy atom. The van der Waals surface area contributed by atoms with Gasteiger partial charge in [0.25, 0.3) is 0 Å². The first-order valence-electron chi connectivity index (χ1n) is 6.89. The summed E-state index contributed by atoms with van der Waals surface area (Å²) in [4.78, 5) is 23.7. The van der Waals surface area contributed by atoms with Gasteiger partial charge in [-0.15, -0.1) is 11.3 Å². The van der Waals surface area contributed by atoms with Crippen LogP contribution in [0.25, 0.3) is 0 Å². The molecule has 1 aromatic heterocycles. The average molecular weight is 314 g/mol. The van der Waals surface area contributed by atoms with E-state index in [1.54, 1.807) is 0 Å². The maximum absolute atomic E-state index is 11.8. The lowest BCUT2D eigenvalue weighted by Gasteiger charge is -2.06. The van der Waals surface area contributed by atoms with Gasteiger partial charge in [0.15, 0.2) is 0 Å². The highest BCUT2D eigenvalue weighted by Crippen LogP contribution is 2.36. The molecule has 0 aromatic carbocycles. The molecule has 0 spiro atoms. The van der Waals surface area contributed by atoms with E-state index in [1.807, 2.05) is 0 Å². The minimum Gasteiger partial charge on any atom is -0.465 e. The first-order chi connectivity index (χ1) is 10.1. The van der Waals surface area contributed by atoms with Crippen LogP contribution in [0.5, 0.6) is 0 Å². The molecule has 0 saturated carbocycles. The van der Waals surface area contributed by atoms with E-state index in [2.05, 4.69) is 17.0 Å². The lowest BCUT2D eigenvalue weighted by atomic mass is 10.2. The molecule has 6 nitrogen and oxygen atoms in total. The topological polar surface area (TPSA) is 90.6 Å². The fourth-order valence-electron chi connectivity index (χ4n) is 1.87. The maximum atomic E-state index is 11.8. The van der Waals surface area contributed by atoms with Crippen molar-refractivity contribution in [3.8, 4) is 0 Å². The summed E-state index contributed by atoms with van der Waals surface area (Å²) in [6.45, 7) is 2.86. The molecule has 3 N–H and O–H groups in total. The molecule has 1 aromatic rings. The van der Waals surface area contributed by atoms with Crippen LogP contribution in [0, 0.1) is 0 Å². The van der Waals surface area contributed by atoms with E-state index in [-0.39, 0.29) is 16.1 Å². The van der Waals surface area contributed by atoms with Crippen LogP contribution in [0.15, 0.2) is 0 Å². The normalized spacial score (nSPS) is 10.2. The van der Waals surface area contributed by atoms with E-state index in [1.165, 1.54) is 20.6 Å². The minimum absolute atomic E-state index is 0.106. The van der Waals surface area contributed by atoms with Crippen LogP contribution in [-0.2, 0) is 9.47 Å². The summed E-state index contributed by atoms with van der Waals surface area (Å²) in [5.74, 6) is -1.11. The molecular formula is C14H22N2O4S. The predicted octanol–water partition coefficient (Wildman–Crippen LogP) is 2.90. The van der Waals surface area contributed by atoms with E-state index in [0.717, 1.165) is 30.6 Å². The van der Waals surface area contributed by atoms with Crippen molar-refractivity contribution in [2.75, 3.05) is 31.8 Å². The van der Waals surface area contributed by atoms with Crippen LogP contribution in [0.4, 0.5) is 10.7 Å². The monoisotopic (exact) mass is 314 g/mol. The van der Waals surface area contributed by atoms with Crippen LogP contribution in [0.1, 0.15) is 52.6 Å². The largest absolute Gasteiger partial charge is 0.465 e. The van der Waals surface area contributed by atoms with Crippen molar-refractivity contribution in [1.82, 2.24) is 0 Å². The Bertz CT molecular complexity index is 499. The molecule has 0 saturated heterocycles. The Morgan fingerprint density at radius 1 is 1.14 bits per heavy atom. The molecule has 0 amide bonds. The summed E-state index contributed by atoms with van der Waals surface area (Å²) in [5.41, 5.74) is 6.19. The third-order valence-electron chi connectivity index (χ3n) is 3.02. The molecule has 0 bridgehead atoms. The van der Waals surface area contributed by atoms with E-state index < -0.39 is 11.9 Å². The van der Waals surface area contributed by atoms with E-state index in [4.69, 9.17) is 10.5 Å². The first-order valence-corrected chi connectivity index (χ1v) is 7.71. The summed E-state index contributed by atoms with van der Waals surface area (Å²) in [6, 6.07) is 0. The molecule has 0 atom stereocenters. The number of nitrogen functional groups attached to an aromatic ring is 1. The zero-order valence-electron chi connectivity index (χ0n) is 12.7. The van der Waals surface area contributed by atoms with Crippen LogP contribution < -0.4 is 11.1 Å². The van der Waals surface area contributed by atoms with Gasteiger partial charge in [-0.1, -0.05) is 26.2 Å². The highest BCUT2D eigenvalue weighted by Gasteiger charge is 2.26. The van der Waals surface area contributed by atoms with Crippen LogP contribution in [-0.4, -0.2) is 32.7 Å². The second kappa shape index (κ2) is 8.51. The number of methoxy groups -OCH3 is 2. The number of nitrogens with one attached hydrogen (secondary N) is 1. The summed E-state index contributed by atoms with van der Waals surface area (Å²) < 4.78 is 9.39. The van der Waals surface area contributed by atoms with Gasteiger partial charge in [0.05, 0.1) is 19.9 Å². The third kappa shape index (κ3) is 4.35. The highest BCUT2D eigenvalue weighted by atomic mass is 32.1. The molecule has 0 aliphatic carbocycles. The van der Waals surface area contributed by atoms with Crippen LogP contribution in [0.2, 0.25) is 0 Å². The molecule has 1 rings (SSSR count). The van der Waals surface area contributed by atoms with Gasteiger partial charge in [0.1, 0.15) is 15.4 Å². The Kier molecular flexibility index (Phi) is 7.01. The van der Waals surface area contributed by atoms with Crippen molar-refractivity contribution in [1.29, 1.82) is 0 Å². The standard InChI is InChI=1S/C14H22N2O4S/c1-4-5-6-7-8-16-12-9(13(17)19-2)10(15)11(21-12)14(18)20-3/h16H,4-8,15H2,1-3H3. The Morgan fingerprint density at radius 3 is 2.38 bits per heavy atom. The molecule has 0 radical (unpaired) electrons. The highest BCUT2D eigenvalue weighted by molar-refractivity contribution is 7.19. The van der Waals surface area contributed by atoms with Gasteiger partial charge >= 0.3 is 11.9 Å². The number of hydrogen-bond acceptors (Lipinski definition) is 7. The molecule has 0 fully saturated rings. The van der Waals surface area contributed by atoms with Gasteiger partial charge in [-0.05, 0) is 6.42 Å². The van der Waals surface area contributed by atoms with Gasteiger partial charge in [-0.25, -0.2) is 9.59 Å². The van der Waals surface area contributed by atoms with Gasteiger partial charge in [-0.3, -0.25) is 0 Å². The van der Waals surface area contributed by atoms with Crippen molar-refractivity contribution in [2.45, 2.75) is 32.6 Å². The number of anilines is 2. The number of thiophene rings is 1. The smallest absolute Gasteiger partial charge is 0.350 e. The molecule has 7 heteroatoms. The second-order valence-electron chi connectivity index (χ2n) is 4.52. The number of hydrogen-bond donors (Lipinski definition) is 2. The summed E-state index contributed by atoms with van der Waals surface area (Å²) in [5, 5.41) is 3.71.